The zero-order valence-corrected chi connectivity index (χ0v) is 16.8. The van der Waals surface area contributed by atoms with Crippen LogP contribution in [-0.4, -0.2) is 18.1 Å². The molecule has 2 N–H and O–H groups in total. The summed E-state index contributed by atoms with van der Waals surface area (Å²) in [5.41, 5.74) is 0.758. The topological polar surface area (TPSA) is 50.4 Å². The fraction of sp³-hybridized carbons (Fsp3) is 0.0667. The van der Waals surface area contributed by atoms with Crippen LogP contribution in [0.4, 0.5) is 5.69 Å². The van der Waals surface area contributed by atoms with Crippen LogP contribution in [0.15, 0.2) is 34.8 Å². The Morgan fingerprint density at radius 1 is 1.12 bits per heavy atom. The first-order valence-electron chi connectivity index (χ1n) is 6.42. The van der Waals surface area contributed by atoms with Crippen LogP contribution in [0.25, 0.3) is 0 Å². The summed E-state index contributed by atoms with van der Waals surface area (Å²) in [7, 11) is 1.48. The van der Waals surface area contributed by atoms with Crippen molar-refractivity contribution < 1.29 is 9.53 Å². The second kappa shape index (κ2) is 8.36. The molecule has 0 aliphatic carbocycles. The van der Waals surface area contributed by atoms with Crippen LogP contribution in [0, 0.1) is 0 Å². The third-order valence-electron chi connectivity index (χ3n) is 2.89. The van der Waals surface area contributed by atoms with Crippen LogP contribution >= 0.6 is 63.0 Å². The van der Waals surface area contributed by atoms with Gasteiger partial charge in [0.1, 0.15) is 5.75 Å². The first kappa shape index (κ1) is 19.3. The maximum atomic E-state index is 12.4. The maximum Gasteiger partial charge on any atom is 0.261 e. The highest BCUT2D eigenvalue weighted by atomic mass is 79.9. The molecule has 24 heavy (non-hydrogen) atoms. The third-order valence-corrected chi connectivity index (χ3v) is 4.62. The van der Waals surface area contributed by atoms with Crippen molar-refractivity contribution in [3.63, 3.8) is 0 Å². The lowest BCUT2D eigenvalue weighted by Crippen LogP contribution is -2.34. The van der Waals surface area contributed by atoms with Gasteiger partial charge in [-0.05, 0) is 42.5 Å². The molecular weight excluding hydrogens is 459 g/mol. The average Bonchev–Trinajstić information content (AvgIpc) is 2.52. The van der Waals surface area contributed by atoms with Gasteiger partial charge >= 0.3 is 0 Å². The van der Waals surface area contributed by atoms with E-state index in [1.165, 1.54) is 19.2 Å². The molecule has 0 fully saturated rings. The van der Waals surface area contributed by atoms with Gasteiger partial charge in [0.2, 0.25) is 0 Å². The summed E-state index contributed by atoms with van der Waals surface area (Å²) in [5, 5.41) is 6.37. The van der Waals surface area contributed by atoms with Crippen molar-refractivity contribution in [2.24, 2.45) is 0 Å². The second-order valence-corrected chi connectivity index (χ2v) is 7.04. The van der Waals surface area contributed by atoms with Crippen molar-refractivity contribution in [3.8, 4) is 5.75 Å². The molecule has 1 amide bonds. The normalized spacial score (nSPS) is 10.2. The van der Waals surface area contributed by atoms with Gasteiger partial charge in [-0.25, -0.2) is 0 Å². The molecule has 0 aromatic heterocycles. The highest BCUT2D eigenvalue weighted by Gasteiger charge is 2.15. The summed E-state index contributed by atoms with van der Waals surface area (Å²) in [4.78, 5) is 12.4. The Hall–Kier alpha value is -1.05. The van der Waals surface area contributed by atoms with Crippen LogP contribution in [0.5, 0.6) is 5.75 Å². The molecule has 4 nitrogen and oxygen atoms in total. The number of amides is 1. The first-order chi connectivity index (χ1) is 11.3. The van der Waals surface area contributed by atoms with E-state index in [2.05, 4.69) is 26.6 Å². The molecular formula is C15H10BrCl3N2O2S. The highest BCUT2D eigenvalue weighted by molar-refractivity contribution is 9.10. The van der Waals surface area contributed by atoms with Gasteiger partial charge in [-0.2, -0.15) is 0 Å². The Morgan fingerprint density at radius 2 is 1.79 bits per heavy atom. The Morgan fingerprint density at radius 3 is 2.46 bits per heavy atom. The Bertz CT molecular complexity index is 818. The minimum Gasteiger partial charge on any atom is -0.496 e. The zero-order valence-electron chi connectivity index (χ0n) is 12.1. The molecule has 2 aromatic rings. The standard InChI is InChI=1S/C15H10BrCl3N2O2S/c1-23-13-3-2-7(16)4-8(13)14(22)21-15(24)20-12-6-10(18)9(17)5-11(12)19/h2-6H,1H3,(H2,20,21,22,24). The lowest BCUT2D eigenvalue weighted by Gasteiger charge is -2.13. The quantitative estimate of drug-likeness (QED) is 0.458. The number of ether oxygens (including phenoxy) is 1. The number of hydrogen-bond acceptors (Lipinski definition) is 3. The van der Waals surface area contributed by atoms with E-state index in [-0.39, 0.29) is 5.11 Å². The fourth-order valence-electron chi connectivity index (χ4n) is 1.80. The fourth-order valence-corrected chi connectivity index (χ4v) is 2.96. The van der Waals surface area contributed by atoms with Crippen molar-refractivity contribution in [1.82, 2.24) is 5.32 Å². The van der Waals surface area contributed by atoms with E-state index in [1.807, 2.05) is 0 Å². The highest BCUT2D eigenvalue weighted by Crippen LogP contribution is 2.32. The lowest BCUT2D eigenvalue weighted by atomic mass is 10.2. The number of benzene rings is 2. The molecule has 0 radical (unpaired) electrons. The Balaban J connectivity index is 2.14. The van der Waals surface area contributed by atoms with E-state index in [1.54, 1.807) is 18.2 Å². The summed E-state index contributed by atoms with van der Waals surface area (Å²) in [6.07, 6.45) is 0. The molecule has 126 valence electrons. The largest absolute Gasteiger partial charge is 0.496 e. The van der Waals surface area contributed by atoms with Crippen molar-refractivity contribution in [2.75, 3.05) is 12.4 Å². The number of thiocarbonyl (C=S) groups is 1. The van der Waals surface area contributed by atoms with Gasteiger partial charge in [0.05, 0.1) is 33.4 Å². The second-order valence-electron chi connectivity index (χ2n) is 4.50. The molecule has 0 spiro atoms. The number of halogens is 4. The third kappa shape index (κ3) is 4.74. The summed E-state index contributed by atoms with van der Waals surface area (Å²) in [5.74, 6) is -0.00657. The van der Waals surface area contributed by atoms with Crippen molar-refractivity contribution >= 4 is 79.7 Å². The van der Waals surface area contributed by atoms with E-state index < -0.39 is 5.91 Å². The van der Waals surface area contributed by atoms with Gasteiger partial charge in [0.25, 0.3) is 5.91 Å². The monoisotopic (exact) mass is 466 g/mol. The number of rotatable bonds is 3. The molecule has 0 aliphatic rings. The molecule has 0 saturated heterocycles. The van der Waals surface area contributed by atoms with Gasteiger partial charge in [-0.1, -0.05) is 50.7 Å². The predicted molar refractivity (Wildman–Crippen MR) is 106 cm³/mol. The van der Waals surface area contributed by atoms with Crippen molar-refractivity contribution in [1.29, 1.82) is 0 Å². The summed E-state index contributed by atoms with van der Waals surface area (Å²) in [6.45, 7) is 0. The van der Waals surface area contributed by atoms with E-state index in [9.17, 15) is 4.79 Å². The molecule has 0 heterocycles. The van der Waals surface area contributed by atoms with Gasteiger partial charge in [0, 0.05) is 4.47 Å². The minimum atomic E-state index is -0.429. The van der Waals surface area contributed by atoms with Gasteiger partial charge < -0.3 is 10.1 Å². The first-order valence-corrected chi connectivity index (χ1v) is 8.75. The van der Waals surface area contributed by atoms with Crippen molar-refractivity contribution in [3.05, 3.63) is 55.4 Å². The average molecular weight is 469 g/mol. The summed E-state index contributed by atoms with van der Waals surface area (Å²) >= 11 is 26.3. The number of methoxy groups -OCH3 is 1. The molecule has 2 rings (SSSR count). The molecule has 0 atom stereocenters. The van der Waals surface area contributed by atoms with Crippen LogP contribution < -0.4 is 15.4 Å². The number of hydrogen-bond donors (Lipinski definition) is 2. The molecule has 2 aromatic carbocycles. The lowest BCUT2D eigenvalue weighted by molar-refractivity contribution is 0.0974. The predicted octanol–water partition coefficient (Wildman–Crippen LogP) is 5.54. The zero-order chi connectivity index (χ0) is 17.9. The Labute approximate surface area is 167 Å². The van der Waals surface area contributed by atoms with E-state index in [0.29, 0.717) is 32.1 Å². The Kier molecular flexibility index (Phi) is 6.71. The molecule has 0 saturated carbocycles. The smallest absolute Gasteiger partial charge is 0.261 e. The summed E-state index contributed by atoms with van der Waals surface area (Å²) < 4.78 is 5.91. The minimum absolute atomic E-state index is 0.0577. The number of anilines is 1. The number of carbonyl (C=O) groups is 1. The van der Waals surface area contributed by atoms with E-state index >= 15 is 0 Å². The van der Waals surface area contributed by atoms with Gasteiger partial charge in [-0.15, -0.1) is 0 Å². The van der Waals surface area contributed by atoms with Gasteiger partial charge in [0.15, 0.2) is 5.11 Å². The number of carbonyl (C=O) groups excluding carboxylic acids is 1. The molecule has 0 bridgehead atoms. The van der Waals surface area contributed by atoms with E-state index in [4.69, 9.17) is 51.8 Å². The van der Waals surface area contributed by atoms with Crippen LogP contribution in [0.1, 0.15) is 10.4 Å². The van der Waals surface area contributed by atoms with Gasteiger partial charge in [-0.3, -0.25) is 10.1 Å². The summed E-state index contributed by atoms with van der Waals surface area (Å²) in [6, 6.07) is 8.07. The van der Waals surface area contributed by atoms with Crippen molar-refractivity contribution in [2.45, 2.75) is 0 Å². The molecule has 9 heteroatoms. The molecule has 0 unspecified atom stereocenters. The maximum absolute atomic E-state index is 12.4. The van der Waals surface area contributed by atoms with Crippen LogP contribution in [0.2, 0.25) is 15.1 Å². The van der Waals surface area contributed by atoms with Crippen LogP contribution in [-0.2, 0) is 0 Å². The van der Waals surface area contributed by atoms with Crippen LogP contribution in [0.3, 0.4) is 0 Å². The van der Waals surface area contributed by atoms with E-state index in [0.717, 1.165) is 4.47 Å². The number of nitrogens with one attached hydrogen (secondary N) is 2. The molecule has 0 aliphatic heterocycles. The SMILES string of the molecule is COc1ccc(Br)cc1C(=O)NC(=S)Nc1cc(Cl)c(Cl)cc1Cl.